The van der Waals surface area contributed by atoms with Gasteiger partial charge < -0.3 is 5.32 Å². The minimum Gasteiger partial charge on any atom is -0.316 e. The summed E-state index contributed by atoms with van der Waals surface area (Å²) in [5, 5.41) is 3.57. The van der Waals surface area contributed by atoms with E-state index in [0.29, 0.717) is 11.5 Å². The molecule has 2 heteroatoms. The van der Waals surface area contributed by atoms with Gasteiger partial charge in [-0.3, -0.25) is 4.90 Å². The standard InChI is InChI=1S/C19H34N2/c1-6-19(7-2,15-20-8-3)16-21(17(4)5)14-18-12-10-9-11-13-18/h9-13,17,20H,6-8,14-16H2,1-5H3. The average Bonchev–Trinajstić information content (AvgIpc) is 2.51. The van der Waals surface area contributed by atoms with Gasteiger partial charge in [-0.25, -0.2) is 0 Å². The number of benzene rings is 1. The zero-order chi connectivity index (χ0) is 15.7. The fraction of sp³-hybridized carbons (Fsp3) is 0.684. The van der Waals surface area contributed by atoms with Crippen molar-refractivity contribution in [2.75, 3.05) is 19.6 Å². The third-order valence-electron chi connectivity index (χ3n) is 4.75. The maximum absolute atomic E-state index is 3.57. The lowest BCUT2D eigenvalue weighted by atomic mass is 9.81. The molecule has 0 unspecified atom stereocenters. The Kier molecular flexibility index (Phi) is 7.98. The highest BCUT2D eigenvalue weighted by Crippen LogP contribution is 2.28. The van der Waals surface area contributed by atoms with Gasteiger partial charge in [-0.15, -0.1) is 0 Å². The maximum Gasteiger partial charge on any atom is 0.0236 e. The molecule has 0 saturated carbocycles. The van der Waals surface area contributed by atoms with Crippen molar-refractivity contribution in [3.05, 3.63) is 35.9 Å². The molecule has 0 heterocycles. The molecule has 0 aliphatic carbocycles. The predicted octanol–water partition coefficient (Wildman–Crippen LogP) is 4.31. The molecular formula is C19H34N2. The first-order valence-corrected chi connectivity index (χ1v) is 8.55. The molecule has 0 aliphatic heterocycles. The summed E-state index contributed by atoms with van der Waals surface area (Å²) in [6, 6.07) is 11.4. The summed E-state index contributed by atoms with van der Waals surface area (Å²) in [7, 11) is 0. The second kappa shape index (κ2) is 9.22. The smallest absolute Gasteiger partial charge is 0.0236 e. The lowest BCUT2D eigenvalue weighted by Gasteiger charge is -2.39. The fourth-order valence-electron chi connectivity index (χ4n) is 2.84. The van der Waals surface area contributed by atoms with Gasteiger partial charge in [0.2, 0.25) is 0 Å². The van der Waals surface area contributed by atoms with Gasteiger partial charge in [0.1, 0.15) is 0 Å². The predicted molar refractivity (Wildman–Crippen MR) is 93.5 cm³/mol. The topological polar surface area (TPSA) is 15.3 Å². The molecule has 0 radical (unpaired) electrons. The molecule has 0 saturated heterocycles. The third-order valence-corrected chi connectivity index (χ3v) is 4.75. The summed E-state index contributed by atoms with van der Waals surface area (Å²) >= 11 is 0. The van der Waals surface area contributed by atoms with Gasteiger partial charge in [0, 0.05) is 25.7 Å². The van der Waals surface area contributed by atoms with Crippen molar-refractivity contribution in [2.24, 2.45) is 5.41 Å². The molecule has 1 aromatic rings. The van der Waals surface area contributed by atoms with Crippen molar-refractivity contribution in [2.45, 2.75) is 60.0 Å². The summed E-state index contributed by atoms with van der Waals surface area (Å²) in [5.41, 5.74) is 1.80. The van der Waals surface area contributed by atoms with Crippen LogP contribution in [-0.2, 0) is 6.54 Å². The zero-order valence-electron chi connectivity index (χ0n) is 14.7. The van der Waals surface area contributed by atoms with Crippen molar-refractivity contribution in [1.29, 1.82) is 0 Å². The Bertz CT molecular complexity index is 368. The summed E-state index contributed by atoms with van der Waals surface area (Å²) in [4.78, 5) is 2.62. The molecule has 0 aliphatic rings. The van der Waals surface area contributed by atoms with Crippen LogP contribution >= 0.6 is 0 Å². The normalized spacial score (nSPS) is 12.3. The SMILES string of the molecule is CCNCC(CC)(CC)CN(Cc1ccccc1)C(C)C. The summed E-state index contributed by atoms with van der Waals surface area (Å²) in [5.74, 6) is 0. The highest BCUT2D eigenvalue weighted by Gasteiger charge is 2.29. The van der Waals surface area contributed by atoms with Gasteiger partial charge >= 0.3 is 0 Å². The molecule has 0 amide bonds. The van der Waals surface area contributed by atoms with E-state index in [9.17, 15) is 0 Å². The van der Waals surface area contributed by atoms with Crippen LogP contribution in [0.5, 0.6) is 0 Å². The molecule has 0 aromatic heterocycles. The lowest BCUT2D eigenvalue weighted by molar-refractivity contribution is 0.104. The van der Waals surface area contributed by atoms with Gasteiger partial charge in [-0.05, 0) is 44.2 Å². The van der Waals surface area contributed by atoms with Crippen LogP contribution < -0.4 is 5.32 Å². The first-order chi connectivity index (χ1) is 10.1. The van der Waals surface area contributed by atoms with E-state index in [1.54, 1.807) is 0 Å². The van der Waals surface area contributed by atoms with E-state index >= 15 is 0 Å². The Morgan fingerprint density at radius 3 is 2.14 bits per heavy atom. The van der Waals surface area contributed by atoms with Crippen molar-refractivity contribution >= 4 is 0 Å². The van der Waals surface area contributed by atoms with Crippen molar-refractivity contribution in [1.82, 2.24) is 10.2 Å². The average molecular weight is 290 g/mol. The molecule has 0 spiro atoms. The number of hydrogen-bond acceptors (Lipinski definition) is 2. The number of rotatable bonds is 10. The first kappa shape index (κ1) is 18.2. The van der Waals surface area contributed by atoms with E-state index in [0.717, 1.165) is 19.6 Å². The van der Waals surface area contributed by atoms with E-state index in [1.807, 2.05) is 0 Å². The summed E-state index contributed by atoms with van der Waals surface area (Å²) in [6.07, 6.45) is 2.46. The highest BCUT2D eigenvalue weighted by atomic mass is 15.2. The van der Waals surface area contributed by atoms with E-state index in [4.69, 9.17) is 0 Å². The van der Waals surface area contributed by atoms with Crippen LogP contribution in [0, 0.1) is 5.41 Å². The number of nitrogens with one attached hydrogen (secondary N) is 1. The minimum atomic E-state index is 0.384. The van der Waals surface area contributed by atoms with E-state index < -0.39 is 0 Å². The highest BCUT2D eigenvalue weighted by molar-refractivity contribution is 5.14. The summed E-state index contributed by atoms with van der Waals surface area (Å²) in [6.45, 7) is 15.9. The number of hydrogen-bond donors (Lipinski definition) is 1. The maximum atomic E-state index is 3.57. The van der Waals surface area contributed by atoms with Crippen molar-refractivity contribution < 1.29 is 0 Å². The van der Waals surface area contributed by atoms with Crippen LogP contribution in [0.25, 0.3) is 0 Å². The van der Waals surface area contributed by atoms with Crippen molar-refractivity contribution in [3.63, 3.8) is 0 Å². The van der Waals surface area contributed by atoms with Crippen LogP contribution in [0.1, 0.15) is 53.0 Å². The molecule has 2 nitrogen and oxygen atoms in total. The lowest BCUT2D eigenvalue weighted by Crippen LogP contribution is -2.45. The first-order valence-electron chi connectivity index (χ1n) is 8.55. The molecule has 0 bridgehead atoms. The Morgan fingerprint density at radius 1 is 1.05 bits per heavy atom. The van der Waals surface area contributed by atoms with Gasteiger partial charge in [0.25, 0.3) is 0 Å². The van der Waals surface area contributed by atoms with Gasteiger partial charge in [-0.1, -0.05) is 51.1 Å². The van der Waals surface area contributed by atoms with Crippen LogP contribution in [0.4, 0.5) is 0 Å². The Balaban J connectivity index is 2.79. The van der Waals surface area contributed by atoms with Gasteiger partial charge in [0.15, 0.2) is 0 Å². The van der Waals surface area contributed by atoms with E-state index in [1.165, 1.54) is 24.9 Å². The fourth-order valence-corrected chi connectivity index (χ4v) is 2.84. The molecule has 0 fully saturated rings. The second-order valence-electron chi connectivity index (χ2n) is 6.47. The van der Waals surface area contributed by atoms with E-state index in [2.05, 4.69) is 75.2 Å². The molecule has 21 heavy (non-hydrogen) atoms. The molecule has 120 valence electrons. The summed E-state index contributed by atoms with van der Waals surface area (Å²) < 4.78 is 0. The van der Waals surface area contributed by atoms with Crippen LogP contribution in [0.3, 0.4) is 0 Å². The monoisotopic (exact) mass is 290 g/mol. The quantitative estimate of drug-likeness (QED) is 0.690. The molecule has 1 rings (SSSR count). The Hall–Kier alpha value is -0.860. The molecular weight excluding hydrogens is 256 g/mol. The molecule has 1 aromatic carbocycles. The van der Waals surface area contributed by atoms with Gasteiger partial charge in [-0.2, -0.15) is 0 Å². The van der Waals surface area contributed by atoms with Gasteiger partial charge in [0.05, 0.1) is 0 Å². The molecule has 0 atom stereocenters. The number of nitrogens with zero attached hydrogens (tertiary/aromatic N) is 1. The second-order valence-corrected chi connectivity index (χ2v) is 6.47. The zero-order valence-corrected chi connectivity index (χ0v) is 14.7. The molecule has 1 N–H and O–H groups in total. The van der Waals surface area contributed by atoms with Crippen LogP contribution in [-0.4, -0.2) is 30.6 Å². The van der Waals surface area contributed by atoms with Crippen LogP contribution in [0.2, 0.25) is 0 Å². The Morgan fingerprint density at radius 2 is 1.67 bits per heavy atom. The van der Waals surface area contributed by atoms with Crippen LogP contribution in [0.15, 0.2) is 30.3 Å². The Labute approximate surface area is 131 Å². The van der Waals surface area contributed by atoms with Crippen molar-refractivity contribution in [3.8, 4) is 0 Å². The third kappa shape index (κ3) is 5.80. The van der Waals surface area contributed by atoms with E-state index in [-0.39, 0.29) is 0 Å². The largest absolute Gasteiger partial charge is 0.316 e. The minimum absolute atomic E-state index is 0.384.